The van der Waals surface area contributed by atoms with Gasteiger partial charge in [-0.1, -0.05) is 12.1 Å². The summed E-state index contributed by atoms with van der Waals surface area (Å²) in [5.74, 6) is 0.00150. The van der Waals surface area contributed by atoms with Crippen LogP contribution in [0.5, 0.6) is 0 Å². The number of nitrogens with zero attached hydrogens (tertiary/aromatic N) is 1. The van der Waals surface area contributed by atoms with Gasteiger partial charge in [0, 0.05) is 25.6 Å². The van der Waals surface area contributed by atoms with Crippen molar-refractivity contribution in [3.05, 3.63) is 35.6 Å². The summed E-state index contributed by atoms with van der Waals surface area (Å²) in [6.45, 7) is 4.16. The molecular formula is C16H21FN2O. The Morgan fingerprint density at radius 3 is 2.90 bits per heavy atom. The van der Waals surface area contributed by atoms with E-state index < -0.39 is 0 Å². The first-order valence-electron chi connectivity index (χ1n) is 7.36. The van der Waals surface area contributed by atoms with Gasteiger partial charge in [0.1, 0.15) is 5.82 Å². The number of benzene rings is 1. The molecule has 1 aromatic rings. The molecule has 20 heavy (non-hydrogen) atoms. The topological polar surface area (TPSA) is 32.3 Å². The van der Waals surface area contributed by atoms with Crippen molar-refractivity contribution in [3.8, 4) is 0 Å². The van der Waals surface area contributed by atoms with Crippen LogP contribution in [0.2, 0.25) is 0 Å². The number of fused-ring (bicyclic) bond motifs is 1. The normalized spacial score (nSPS) is 30.1. The van der Waals surface area contributed by atoms with E-state index in [1.54, 1.807) is 0 Å². The summed E-state index contributed by atoms with van der Waals surface area (Å²) in [6, 6.07) is 7.19. The van der Waals surface area contributed by atoms with Crippen LogP contribution in [0.4, 0.5) is 4.39 Å². The van der Waals surface area contributed by atoms with E-state index in [0.717, 1.165) is 32.4 Å². The molecule has 0 radical (unpaired) electrons. The fraction of sp³-hybridized carbons (Fsp3) is 0.562. The second kappa shape index (κ2) is 5.17. The lowest BCUT2D eigenvalue weighted by Gasteiger charge is -2.39. The molecule has 0 aromatic heterocycles. The number of hydrogen-bond acceptors (Lipinski definition) is 2. The van der Waals surface area contributed by atoms with Crippen LogP contribution in [0.15, 0.2) is 24.3 Å². The lowest BCUT2D eigenvalue weighted by Crippen LogP contribution is -2.58. The van der Waals surface area contributed by atoms with E-state index in [4.69, 9.17) is 0 Å². The zero-order chi connectivity index (χ0) is 14.2. The average molecular weight is 276 g/mol. The summed E-state index contributed by atoms with van der Waals surface area (Å²) in [5.41, 5.74) is 1.11. The Morgan fingerprint density at radius 1 is 1.40 bits per heavy atom. The van der Waals surface area contributed by atoms with E-state index in [-0.39, 0.29) is 17.3 Å². The molecule has 2 saturated heterocycles. The zero-order valence-corrected chi connectivity index (χ0v) is 11.9. The number of carbonyl (C=O) groups is 1. The Hall–Kier alpha value is -1.42. The number of nitrogens with one attached hydrogen (secondary N) is 1. The molecule has 108 valence electrons. The predicted octanol–water partition coefficient (Wildman–Crippen LogP) is 2.11. The Morgan fingerprint density at radius 2 is 2.15 bits per heavy atom. The second-order valence-corrected chi connectivity index (χ2v) is 6.18. The van der Waals surface area contributed by atoms with Crippen LogP contribution < -0.4 is 5.32 Å². The summed E-state index contributed by atoms with van der Waals surface area (Å²) in [7, 11) is 0. The molecule has 1 aromatic carbocycles. The largest absolute Gasteiger partial charge is 0.349 e. The second-order valence-electron chi connectivity index (χ2n) is 6.18. The standard InChI is InChI=1S/C16H21FN2O/c1-16-9-11-19(14(16)6-7-15(20)18-16)10-8-12-2-4-13(17)5-3-12/h2-5,14H,6-11H2,1H3,(H,18,20)/t14-,16-/m0/s1. The monoisotopic (exact) mass is 276 g/mol. The molecule has 3 nitrogen and oxygen atoms in total. The van der Waals surface area contributed by atoms with E-state index in [2.05, 4.69) is 17.1 Å². The average Bonchev–Trinajstić information content (AvgIpc) is 2.74. The third-order valence-electron chi connectivity index (χ3n) is 4.77. The Balaban J connectivity index is 1.61. The fourth-order valence-electron chi connectivity index (χ4n) is 3.59. The first kappa shape index (κ1) is 13.6. The molecule has 0 aliphatic carbocycles. The molecule has 2 atom stereocenters. The summed E-state index contributed by atoms with van der Waals surface area (Å²) in [4.78, 5) is 14.0. The predicted molar refractivity (Wildman–Crippen MR) is 75.9 cm³/mol. The zero-order valence-electron chi connectivity index (χ0n) is 11.9. The van der Waals surface area contributed by atoms with Gasteiger partial charge in [0.15, 0.2) is 0 Å². The van der Waals surface area contributed by atoms with Gasteiger partial charge in [-0.2, -0.15) is 0 Å². The number of amides is 1. The van der Waals surface area contributed by atoms with Gasteiger partial charge >= 0.3 is 0 Å². The van der Waals surface area contributed by atoms with Gasteiger partial charge in [-0.15, -0.1) is 0 Å². The Kier molecular flexibility index (Phi) is 3.50. The molecule has 2 aliphatic heterocycles. The van der Waals surface area contributed by atoms with Gasteiger partial charge in [0.2, 0.25) is 5.91 Å². The number of rotatable bonds is 3. The van der Waals surface area contributed by atoms with E-state index >= 15 is 0 Å². The van der Waals surface area contributed by atoms with Crippen LogP contribution in [-0.2, 0) is 11.2 Å². The molecule has 0 unspecified atom stereocenters. The number of hydrogen-bond donors (Lipinski definition) is 1. The minimum absolute atomic E-state index is 0.0574. The molecule has 3 rings (SSSR count). The van der Waals surface area contributed by atoms with Crippen LogP contribution >= 0.6 is 0 Å². The molecule has 1 N–H and O–H groups in total. The van der Waals surface area contributed by atoms with Gasteiger partial charge in [0.25, 0.3) is 0 Å². The van der Waals surface area contributed by atoms with Crippen molar-refractivity contribution in [2.75, 3.05) is 13.1 Å². The van der Waals surface area contributed by atoms with Crippen LogP contribution in [0.3, 0.4) is 0 Å². The maximum absolute atomic E-state index is 12.9. The fourth-order valence-corrected chi connectivity index (χ4v) is 3.59. The van der Waals surface area contributed by atoms with E-state index in [1.807, 2.05) is 12.1 Å². The van der Waals surface area contributed by atoms with Crippen molar-refractivity contribution in [3.63, 3.8) is 0 Å². The van der Waals surface area contributed by atoms with Gasteiger partial charge in [-0.25, -0.2) is 4.39 Å². The van der Waals surface area contributed by atoms with Gasteiger partial charge in [-0.3, -0.25) is 9.69 Å². The molecule has 2 fully saturated rings. The van der Waals surface area contributed by atoms with Gasteiger partial charge in [-0.05, 0) is 43.9 Å². The number of piperidine rings is 1. The van der Waals surface area contributed by atoms with Crippen molar-refractivity contribution in [1.82, 2.24) is 10.2 Å². The van der Waals surface area contributed by atoms with E-state index in [0.29, 0.717) is 12.5 Å². The lowest BCUT2D eigenvalue weighted by atomic mass is 9.85. The maximum atomic E-state index is 12.9. The highest BCUT2D eigenvalue weighted by molar-refractivity contribution is 5.78. The molecule has 0 bridgehead atoms. The number of likely N-dealkylation sites (tertiary alicyclic amines) is 1. The number of carbonyl (C=O) groups excluding carboxylic acids is 1. The van der Waals surface area contributed by atoms with E-state index in [1.165, 1.54) is 17.7 Å². The van der Waals surface area contributed by atoms with Crippen molar-refractivity contribution < 1.29 is 9.18 Å². The lowest BCUT2D eigenvalue weighted by molar-refractivity contribution is -0.125. The van der Waals surface area contributed by atoms with E-state index in [9.17, 15) is 9.18 Å². The Labute approximate surface area is 119 Å². The molecule has 0 saturated carbocycles. The van der Waals surface area contributed by atoms with Crippen molar-refractivity contribution in [2.45, 2.75) is 44.2 Å². The third-order valence-corrected chi connectivity index (χ3v) is 4.77. The van der Waals surface area contributed by atoms with Crippen molar-refractivity contribution in [2.24, 2.45) is 0 Å². The minimum Gasteiger partial charge on any atom is -0.349 e. The highest BCUT2D eigenvalue weighted by Crippen LogP contribution is 2.34. The maximum Gasteiger partial charge on any atom is 0.220 e. The quantitative estimate of drug-likeness (QED) is 0.917. The van der Waals surface area contributed by atoms with Crippen LogP contribution in [0.25, 0.3) is 0 Å². The molecule has 2 aliphatic rings. The van der Waals surface area contributed by atoms with Crippen LogP contribution in [-0.4, -0.2) is 35.5 Å². The SMILES string of the molecule is C[C@]12CCN(CCc3ccc(F)cc3)[C@H]1CCC(=O)N2. The van der Waals surface area contributed by atoms with Crippen molar-refractivity contribution >= 4 is 5.91 Å². The Bertz CT molecular complexity index is 502. The molecular weight excluding hydrogens is 255 g/mol. The number of halogens is 1. The van der Waals surface area contributed by atoms with Gasteiger partial charge in [0.05, 0.1) is 5.54 Å². The summed E-state index contributed by atoms with van der Waals surface area (Å²) < 4.78 is 12.9. The summed E-state index contributed by atoms with van der Waals surface area (Å²) >= 11 is 0. The first-order valence-corrected chi connectivity index (χ1v) is 7.36. The summed E-state index contributed by atoms with van der Waals surface area (Å²) in [5, 5.41) is 3.16. The first-order chi connectivity index (χ1) is 9.57. The summed E-state index contributed by atoms with van der Waals surface area (Å²) in [6.07, 6.45) is 3.53. The van der Waals surface area contributed by atoms with Crippen LogP contribution in [0.1, 0.15) is 31.7 Å². The highest BCUT2D eigenvalue weighted by Gasteiger charge is 2.46. The van der Waals surface area contributed by atoms with Crippen molar-refractivity contribution in [1.29, 1.82) is 0 Å². The smallest absolute Gasteiger partial charge is 0.220 e. The molecule has 0 spiro atoms. The molecule has 2 heterocycles. The highest BCUT2D eigenvalue weighted by atomic mass is 19.1. The molecule has 4 heteroatoms. The molecule has 1 amide bonds. The van der Waals surface area contributed by atoms with Crippen LogP contribution in [0, 0.1) is 5.82 Å². The third kappa shape index (κ3) is 2.57. The minimum atomic E-state index is -0.183. The van der Waals surface area contributed by atoms with Gasteiger partial charge < -0.3 is 5.32 Å².